The third kappa shape index (κ3) is 4.13. The van der Waals surface area contributed by atoms with Crippen LogP contribution in [0.2, 0.25) is 0 Å². The first kappa shape index (κ1) is 16.6. The summed E-state index contributed by atoms with van der Waals surface area (Å²) in [7, 11) is 1.49. The molecule has 0 aromatic carbocycles. The third-order valence-electron chi connectivity index (χ3n) is 3.65. The van der Waals surface area contributed by atoms with Crippen molar-refractivity contribution in [1.29, 1.82) is 5.26 Å². The molecule has 1 heterocycles. The molecule has 7 nitrogen and oxygen atoms in total. The number of methoxy groups -OCH3 is 1. The predicted molar refractivity (Wildman–Crippen MR) is 89.0 cm³/mol. The van der Waals surface area contributed by atoms with E-state index in [0.29, 0.717) is 17.3 Å². The summed E-state index contributed by atoms with van der Waals surface area (Å²) in [5, 5.41) is 23.7. The van der Waals surface area contributed by atoms with Crippen LogP contribution in [-0.4, -0.2) is 35.4 Å². The van der Waals surface area contributed by atoms with Crippen LogP contribution in [0.1, 0.15) is 31.2 Å². The van der Waals surface area contributed by atoms with Gasteiger partial charge in [0.05, 0.1) is 10.7 Å². The summed E-state index contributed by atoms with van der Waals surface area (Å²) in [6.45, 7) is 0. The molecule has 3 N–H and O–H groups in total. The number of carboxylic acid groups (broad SMARTS) is 1. The normalized spacial score (nSPS) is 20.8. The monoisotopic (exact) mass is 416 g/mol. The van der Waals surface area contributed by atoms with E-state index in [-0.39, 0.29) is 12.1 Å². The lowest BCUT2D eigenvalue weighted by Gasteiger charge is -2.29. The van der Waals surface area contributed by atoms with Crippen molar-refractivity contribution in [1.82, 2.24) is 10.3 Å². The summed E-state index contributed by atoms with van der Waals surface area (Å²) in [4.78, 5) is 15.0. The van der Waals surface area contributed by atoms with E-state index in [2.05, 4.69) is 44.3 Å². The number of ether oxygens (including phenoxy) is 1. The van der Waals surface area contributed by atoms with E-state index in [1.165, 1.54) is 7.11 Å². The van der Waals surface area contributed by atoms with Gasteiger partial charge in [0.1, 0.15) is 17.5 Å². The second-order valence-electron chi connectivity index (χ2n) is 5.13. The van der Waals surface area contributed by atoms with Gasteiger partial charge in [-0.2, -0.15) is 10.2 Å². The SMILES string of the molecule is COc1nc(N[C@H]2CC[C@H](NC(=O)O)CC2)c(I)cc1C#N. The molecule has 1 saturated carbocycles. The number of anilines is 1. The van der Waals surface area contributed by atoms with Crippen molar-refractivity contribution in [3.8, 4) is 11.9 Å². The molecule has 1 aliphatic carbocycles. The van der Waals surface area contributed by atoms with E-state index < -0.39 is 6.09 Å². The lowest BCUT2D eigenvalue weighted by Crippen LogP contribution is -2.39. The Morgan fingerprint density at radius 3 is 2.64 bits per heavy atom. The molecule has 0 aliphatic heterocycles. The Bertz CT molecular complexity index is 594. The van der Waals surface area contributed by atoms with Gasteiger partial charge in [-0.25, -0.2) is 4.79 Å². The Labute approximate surface area is 142 Å². The van der Waals surface area contributed by atoms with Gasteiger partial charge in [-0.3, -0.25) is 0 Å². The zero-order valence-electron chi connectivity index (χ0n) is 12.1. The van der Waals surface area contributed by atoms with Gasteiger partial charge in [-0.15, -0.1) is 0 Å². The lowest BCUT2D eigenvalue weighted by molar-refractivity contribution is 0.185. The van der Waals surface area contributed by atoms with Crippen LogP contribution in [0.5, 0.6) is 5.88 Å². The number of nitriles is 1. The quantitative estimate of drug-likeness (QED) is 0.652. The highest BCUT2D eigenvalue weighted by Crippen LogP contribution is 2.27. The number of aromatic nitrogens is 1. The van der Waals surface area contributed by atoms with Crippen LogP contribution in [0.15, 0.2) is 6.07 Å². The number of pyridine rings is 1. The molecule has 1 fully saturated rings. The fraction of sp³-hybridized carbons (Fsp3) is 0.500. The van der Waals surface area contributed by atoms with Crippen molar-refractivity contribution >= 4 is 34.5 Å². The van der Waals surface area contributed by atoms with Crippen molar-refractivity contribution in [3.63, 3.8) is 0 Å². The number of amides is 1. The highest BCUT2D eigenvalue weighted by atomic mass is 127. The molecule has 0 atom stereocenters. The molecular weight excluding hydrogens is 399 g/mol. The average molecular weight is 416 g/mol. The Kier molecular flexibility index (Phi) is 5.65. The zero-order valence-corrected chi connectivity index (χ0v) is 14.3. The molecular formula is C14H17IN4O3. The number of nitrogens with zero attached hydrogens (tertiary/aromatic N) is 2. The first-order valence-electron chi connectivity index (χ1n) is 6.94. The molecule has 2 rings (SSSR count). The third-order valence-corrected chi connectivity index (χ3v) is 4.47. The summed E-state index contributed by atoms with van der Waals surface area (Å²) in [5.74, 6) is 1.01. The minimum Gasteiger partial charge on any atom is -0.480 e. The summed E-state index contributed by atoms with van der Waals surface area (Å²) >= 11 is 2.14. The van der Waals surface area contributed by atoms with Crippen molar-refractivity contribution in [2.75, 3.05) is 12.4 Å². The zero-order chi connectivity index (χ0) is 16.1. The summed E-state index contributed by atoms with van der Waals surface area (Å²) in [6.07, 6.45) is 2.36. The van der Waals surface area contributed by atoms with Gasteiger partial charge >= 0.3 is 6.09 Å². The van der Waals surface area contributed by atoms with Crippen LogP contribution >= 0.6 is 22.6 Å². The second kappa shape index (κ2) is 7.49. The molecule has 1 aromatic heterocycles. The topological polar surface area (TPSA) is 107 Å². The smallest absolute Gasteiger partial charge is 0.404 e. The van der Waals surface area contributed by atoms with Crippen LogP contribution in [-0.2, 0) is 0 Å². The maximum Gasteiger partial charge on any atom is 0.404 e. The van der Waals surface area contributed by atoms with Crippen LogP contribution in [0.25, 0.3) is 0 Å². The molecule has 118 valence electrons. The Morgan fingerprint density at radius 2 is 2.09 bits per heavy atom. The largest absolute Gasteiger partial charge is 0.480 e. The van der Waals surface area contributed by atoms with E-state index in [9.17, 15) is 4.79 Å². The van der Waals surface area contributed by atoms with Crippen molar-refractivity contribution in [3.05, 3.63) is 15.2 Å². The van der Waals surface area contributed by atoms with E-state index >= 15 is 0 Å². The molecule has 0 spiro atoms. The Morgan fingerprint density at radius 1 is 1.45 bits per heavy atom. The maximum atomic E-state index is 10.6. The van der Waals surface area contributed by atoms with Gasteiger partial charge < -0.3 is 20.5 Å². The van der Waals surface area contributed by atoms with Crippen molar-refractivity contribution in [2.24, 2.45) is 0 Å². The number of hydrogen-bond donors (Lipinski definition) is 3. The van der Waals surface area contributed by atoms with Gasteiger partial charge in [-0.1, -0.05) is 0 Å². The minimum absolute atomic E-state index is 0.0260. The van der Waals surface area contributed by atoms with Crippen LogP contribution in [0.4, 0.5) is 10.6 Å². The van der Waals surface area contributed by atoms with Gasteiger partial charge in [0, 0.05) is 12.1 Å². The second-order valence-corrected chi connectivity index (χ2v) is 6.29. The predicted octanol–water partition coefficient (Wildman–Crippen LogP) is 2.56. The first-order chi connectivity index (χ1) is 10.5. The van der Waals surface area contributed by atoms with Crippen molar-refractivity contribution < 1.29 is 14.6 Å². The van der Waals surface area contributed by atoms with Crippen LogP contribution in [0.3, 0.4) is 0 Å². The number of nitrogens with one attached hydrogen (secondary N) is 2. The number of carbonyl (C=O) groups is 1. The maximum absolute atomic E-state index is 10.6. The highest BCUT2D eigenvalue weighted by Gasteiger charge is 2.23. The first-order valence-corrected chi connectivity index (χ1v) is 8.02. The number of hydrogen-bond acceptors (Lipinski definition) is 5. The number of halogens is 1. The van der Waals surface area contributed by atoms with Crippen LogP contribution < -0.4 is 15.4 Å². The van der Waals surface area contributed by atoms with Gasteiger partial charge in [-0.05, 0) is 54.3 Å². The fourth-order valence-corrected chi connectivity index (χ4v) is 3.15. The highest BCUT2D eigenvalue weighted by molar-refractivity contribution is 14.1. The van der Waals surface area contributed by atoms with E-state index in [4.69, 9.17) is 15.1 Å². The minimum atomic E-state index is -0.968. The van der Waals surface area contributed by atoms with E-state index in [0.717, 1.165) is 29.3 Å². The molecule has 22 heavy (non-hydrogen) atoms. The average Bonchev–Trinajstić information content (AvgIpc) is 2.50. The molecule has 1 amide bonds. The van der Waals surface area contributed by atoms with Gasteiger partial charge in [0.2, 0.25) is 5.88 Å². The molecule has 0 saturated heterocycles. The van der Waals surface area contributed by atoms with Gasteiger partial charge in [0.25, 0.3) is 0 Å². The number of rotatable bonds is 4. The standard InChI is InChI=1S/C14H17IN4O3/c1-22-13-8(7-16)6-11(15)12(19-13)17-9-2-4-10(5-3-9)18-14(20)21/h6,9-10,18H,2-5H2,1H3,(H,17,19)(H,20,21)/t9-,10-. The molecule has 1 aliphatic rings. The molecule has 1 aromatic rings. The summed E-state index contributed by atoms with van der Waals surface area (Å²) in [5.41, 5.74) is 0.409. The molecule has 8 heteroatoms. The molecule has 0 bridgehead atoms. The van der Waals surface area contributed by atoms with E-state index in [1.54, 1.807) is 6.07 Å². The summed E-state index contributed by atoms with van der Waals surface area (Å²) < 4.78 is 5.99. The van der Waals surface area contributed by atoms with Crippen LogP contribution in [0, 0.1) is 14.9 Å². The molecule has 0 radical (unpaired) electrons. The Hall–Kier alpha value is -1.76. The molecule has 0 unspecified atom stereocenters. The van der Waals surface area contributed by atoms with E-state index in [1.807, 2.05) is 0 Å². The van der Waals surface area contributed by atoms with Gasteiger partial charge in [0.15, 0.2) is 0 Å². The summed E-state index contributed by atoms with van der Waals surface area (Å²) in [6, 6.07) is 4.07. The lowest BCUT2D eigenvalue weighted by atomic mass is 9.91. The Balaban J connectivity index is 2.00. The fourth-order valence-electron chi connectivity index (χ4n) is 2.56. The van der Waals surface area contributed by atoms with Crippen molar-refractivity contribution in [2.45, 2.75) is 37.8 Å².